The van der Waals surface area contributed by atoms with E-state index in [0.29, 0.717) is 44.3 Å². The zero-order valence-electron chi connectivity index (χ0n) is 12.8. The lowest BCUT2D eigenvalue weighted by Crippen LogP contribution is -2.32. The highest BCUT2D eigenvalue weighted by Gasteiger charge is 2.30. The molecule has 2 amide bonds. The summed E-state index contributed by atoms with van der Waals surface area (Å²) >= 11 is 0. The Balaban J connectivity index is 1.45. The lowest BCUT2D eigenvalue weighted by atomic mass is 10.1. The average molecular weight is 306 g/mol. The number of aromatic amines is 1. The molecule has 0 bridgehead atoms. The first-order valence-electron chi connectivity index (χ1n) is 7.77. The summed E-state index contributed by atoms with van der Waals surface area (Å²) in [4.78, 5) is 25.7. The van der Waals surface area contributed by atoms with Gasteiger partial charge >= 0.3 is 0 Å². The molecule has 2 heterocycles. The van der Waals surface area contributed by atoms with Crippen LogP contribution in [0.25, 0.3) is 0 Å². The van der Waals surface area contributed by atoms with Crippen molar-refractivity contribution in [2.75, 3.05) is 33.4 Å². The molecular weight excluding hydrogens is 284 g/mol. The molecule has 1 aliphatic carbocycles. The molecule has 0 spiro atoms. The van der Waals surface area contributed by atoms with Crippen LogP contribution >= 0.6 is 0 Å². The quantitative estimate of drug-likeness (QED) is 0.768. The number of carbonyl (C=O) groups is 2. The van der Waals surface area contributed by atoms with Crippen molar-refractivity contribution in [3.63, 3.8) is 0 Å². The fourth-order valence-corrected chi connectivity index (χ4v) is 2.79. The van der Waals surface area contributed by atoms with Crippen molar-refractivity contribution < 1.29 is 14.3 Å². The molecule has 3 rings (SSSR count). The van der Waals surface area contributed by atoms with Crippen molar-refractivity contribution in [3.05, 3.63) is 17.5 Å². The standard InChI is InChI=1S/C15H22N4O3/c1-22-5-4-19-9-10(6-14(19)20)8-16-15(21)13-7-12(17-18-13)11-2-3-11/h7,10-11H,2-6,8-9H2,1H3,(H,16,21)(H,17,18)/t10-/m0/s1. The summed E-state index contributed by atoms with van der Waals surface area (Å²) in [6, 6.07) is 1.83. The molecule has 2 fully saturated rings. The highest BCUT2D eigenvalue weighted by molar-refractivity contribution is 5.92. The van der Waals surface area contributed by atoms with E-state index in [1.807, 2.05) is 6.07 Å². The number of hydrogen-bond acceptors (Lipinski definition) is 4. The van der Waals surface area contributed by atoms with Crippen LogP contribution in [0.5, 0.6) is 0 Å². The van der Waals surface area contributed by atoms with Gasteiger partial charge in [0.25, 0.3) is 5.91 Å². The second kappa shape index (κ2) is 6.48. The normalized spacial score (nSPS) is 21.4. The Morgan fingerprint density at radius 3 is 3.09 bits per heavy atom. The molecule has 0 aromatic carbocycles. The second-order valence-electron chi connectivity index (χ2n) is 6.10. The van der Waals surface area contributed by atoms with E-state index < -0.39 is 0 Å². The summed E-state index contributed by atoms with van der Waals surface area (Å²) in [6.45, 7) is 2.34. The predicted molar refractivity (Wildman–Crippen MR) is 79.5 cm³/mol. The molecule has 1 aliphatic heterocycles. The number of likely N-dealkylation sites (tertiary alicyclic amines) is 1. The minimum atomic E-state index is -0.175. The molecule has 0 unspecified atom stereocenters. The summed E-state index contributed by atoms with van der Waals surface area (Å²) < 4.78 is 4.99. The van der Waals surface area contributed by atoms with Crippen LogP contribution in [0.4, 0.5) is 0 Å². The van der Waals surface area contributed by atoms with Crippen LogP contribution in [0.1, 0.15) is 41.4 Å². The third-order valence-electron chi connectivity index (χ3n) is 4.26. The van der Waals surface area contributed by atoms with Gasteiger partial charge in [0, 0.05) is 50.7 Å². The van der Waals surface area contributed by atoms with Crippen LogP contribution in [-0.4, -0.2) is 60.3 Å². The van der Waals surface area contributed by atoms with Crippen LogP contribution in [0, 0.1) is 5.92 Å². The highest BCUT2D eigenvalue weighted by Crippen LogP contribution is 2.38. The first-order chi connectivity index (χ1) is 10.7. The van der Waals surface area contributed by atoms with Crippen molar-refractivity contribution in [2.24, 2.45) is 5.92 Å². The van der Waals surface area contributed by atoms with Gasteiger partial charge in [0.1, 0.15) is 5.69 Å². The molecule has 1 aromatic rings. The minimum absolute atomic E-state index is 0.132. The van der Waals surface area contributed by atoms with E-state index in [0.717, 1.165) is 5.69 Å². The van der Waals surface area contributed by atoms with Crippen molar-refractivity contribution in [3.8, 4) is 0 Å². The van der Waals surface area contributed by atoms with Crippen LogP contribution in [0.15, 0.2) is 6.07 Å². The number of H-pyrrole nitrogens is 1. The van der Waals surface area contributed by atoms with Gasteiger partial charge in [-0.05, 0) is 18.9 Å². The minimum Gasteiger partial charge on any atom is -0.383 e. The van der Waals surface area contributed by atoms with Crippen LogP contribution in [-0.2, 0) is 9.53 Å². The number of carbonyl (C=O) groups excluding carboxylic acids is 2. The zero-order chi connectivity index (χ0) is 15.5. The molecule has 22 heavy (non-hydrogen) atoms. The van der Waals surface area contributed by atoms with Gasteiger partial charge < -0.3 is 15.0 Å². The number of rotatable bonds is 7. The van der Waals surface area contributed by atoms with Gasteiger partial charge in [-0.2, -0.15) is 5.10 Å². The largest absolute Gasteiger partial charge is 0.383 e. The van der Waals surface area contributed by atoms with Gasteiger partial charge in [-0.15, -0.1) is 0 Å². The molecule has 1 saturated carbocycles. The van der Waals surface area contributed by atoms with Gasteiger partial charge in [-0.25, -0.2) is 0 Å². The van der Waals surface area contributed by atoms with Crippen LogP contribution in [0.2, 0.25) is 0 Å². The molecule has 2 aliphatic rings. The first kappa shape index (κ1) is 15.0. The third-order valence-corrected chi connectivity index (χ3v) is 4.26. The highest BCUT2D eigenvalue weighted by atomic mass is 16.5. The molecule has 7 nitrogen and oxygen atoms in total. The van der Waals surface area contributed by atoms with Crippen LogP contribution < -0.4 is 5.32 Å². The van der Waals surface area contributed by atoms with Crippen molar-refractivity contribution >= 4 is 11.8 Å². The van der Waals surface area contributed by atoms with Gasteiger partial charge in [0.2, 0.25) is 5.91 Å². The number of aromatic nitrogens is 2. The number of nitrogens with zero attached hydrogens (tertiary/aromatic N) is 2. The van der Waals surface area contributed by atoms with Crippen molar-refractivity contribution in [1.82, 2.24) is 20.4 Å². The Kier molecular flexibility index (Phi) is 4.42. The lowest BCUT2D eigenvalue weighted by Gasteiger charge is -2.16. The topological polar surface area (TPSA) is 87.3 Å². The number of methoxy groups -OCH3 is 1. The maximum atomic E-state index is 12.1. The third kappa shape index (κ3) is 3.47. The van der Waals surface area contributed by atoms with Crippen LogP contribution in [0.3, 0.4) is 0 Å². The summed E-state index contributed by atoms with van der Waals surface area (Å²) in [5.74, 6) is 0.670. The maximum Gasteiger partial charge on any atom is 0.271 e. The van der Waals surface area contributed by atoms with E-state index >= 15 is 0 Å². The Hall–Kier alpha value is -1.89. The van der Waals surface area contributed by atoms with E-state index in [-0.39, 0.29) is 17.7 Å². The molecule has 0 radical (unpaired) electrons. The monoisotopic (exact) mass is 306 g/mol. The smallest absolute Gasteiger partial charge is 0.271 e. The maximum absolute atomic E-state index is 12.1. The number of nitrogens with one attached hydrogen (secondary N) is 2. The molecule has 120 valence electrons. The fraction of sp³-hybridized carbons (Fsp3) is 0.667. The lowest BCUT2D eigenvalue weighted by molar-refractivity contribution is -0.128. The number of ether oxygens (including phenoxy) is 1. The van der Waals surface area contributed by atoms with E-state index in [1.165, 1.54) is 12.8 Å². The SMILES string of the molecule is COCCN1C[C@H](CNC(=O)c2cc(C3CC3)[nH]n2)CC1=O. The van der Waals surface area contributed by atoms with E-state index in [2.05, 4.69) is 15.5 Å². The second-order valence-corrected chi connectivity index (χ2v) is 6.10. The summed E-state index contributed by atoms with van der Waals surface area (Å²) in [5.41, 5.74) is 1.48. The Labute approximate surface area is 129 Å². The Morgan fingerprint density at radius 1 is 1.55 bits per heavy atom. The molecule has 1 atom stereocenters. The summed E-state index contributed by atoms with van der Waals surface area (Å²) in [7, 11) is 1.62. The molecule has 2 N–H and O–H groups in total. The van der Waals surface area contributed by atoms with E-state index in [4.69, 9.17) is 4.74 Å². The predicted octanol–water partition coefficient (Wildman–Crippen LogP) is 0.512. The summed E-state index contributed by atoms with van der Waals surface area (Å²) in [6.07, 6.45) is 2.83. The van der Waals surface area contributed by atoms with Gasteiger partial charge in [0.05, 0.1) is 6.61 Å². The van der Waals surface area contributed by atoms with E-state index in [9.17, 15) is 9.59 Å². The molecule has 1 saturated heterocycles. The number of amides is 2. The fourth-order valence-electron chi connectivity index (χ4n) is 2.79. The summed E-state index contributed by atoms with van der Waals surface area (Å²) in [5, 5.41) is 9.87. The zero-order valence-corrected chi connectivity index (χ0v) is 12.8. The van der Waals surface area contributed by atoms with Gasteiger partial charge in [-0.1, -0.05) is 0 Å². The number of hydrogen-bond donors (Lipinski definition) is 2. The first-order valence-corrected chi connectivity index (χ1v) is 7.77. The van der Waals surface area contributed by atoms with Crippen molar-refractivity contribution in [2.45, 2.75) is 25.2 Å². The van der Waals surface area contributed by atoms with Crippen molar-refractivity contribution in [1.29, 1.82) is 0 Å². The average Bonchev–Trinajstić information content (AvgIpc) is 3.13. The van der Waals surface area contributed by atoms with Gasteiger partial charge in [0.15, 0.2) is 0 Å². The Bertz CT molecular complexity index is 553. The van der Waals surface area contributed by atoms with Gasteiger partial charge in [-0.3, -0.25) is 14.7 Å². The molecule has 1 aromatic heterocycles. The van der Waals surface area contributed by atoms with E-state index in [1.54, 1.807) is 12.0 Å². The Morgan fingerprint density at radius 2 is 2.36 bits per heavy atom. The molecule has 7 heteroatoms. The molecular formula is C15H22N4O3.